The van der Waals surface area contributed by atoms with Crippen molar-refractivity contribution in [2.45, 2.75) is 6.92 Å². The minimum absolute atomic E-state index is 0.122. The summed E-state index contributed by atoms with van der Waals surface area (Å²) in [5, 5.41) is 6.25. The number of amides is 1. The molecule has 0 aliphatic carbocycles. The number of benzene rings is 3. The van der Waals surface area contributed by atoms with Crippen molar-refractivity contribution in [1.82, 2.24) is 15.3 Å². The second-order valence-electron chi connectivity index (χ2n) is 6.86. The quantitative estimate of drug-likeness (QED) is 0.366. The van der Waals surface area contributed by atoms with Gasteiger partial charge >= 0.3 is 0 Å². The highest BCUT2D eigenvalue weighted by Gasteiger charge is 2.16. The lowest BCUT2D eigenvalue weighted by atomic mass is 10.1. The summed E-state index contributed by atoms with van der Waals surface area (Å²) in [4.78, 5) is 20.6. The van der Waals surface area contributed by atoms with Crippen LogP contribution in [0.25, 0.3) is 22.4 Å². The number of hydrogen-bond donors (Lipinski definition) is 3. The Bertz CT molecular complexity index is 1270. The van der Waals surface area contributed by atoms with E-state index in [0.717, 1.165) is 22.2 Å². The molecule has 0 saturated carbocycles. The number of aryl methyl sites for hydroxylation is 1. The van der Waals surface area contributed by atoms with E-state index in [2.05, 4.69) is 20.6 Å². The number of hydrogen-bond acceptors (Lipinski definition) is 4. The normalized spacial score (nSPS) is 10.7. The molecule has 4 aromatic rings. The molecule has 0 bridgehead atoms. The van der Waals surface area contributed by atoms with Gasteiger partial charge in [0.1, 0.15) is 11.6 Å². The molecule has 4 rings (SSSR count). The molecule has 1 heterocycles. The zero-order valence-electron chi connectivity index (χ0n) is 16.8. The number of H-pyrrole nitrogens is 1. The van der Waals surface area contributed by atoms with Crippen molar-refractivity contribution >= 4 is 51.6 Å². The van der Waals surface area contributed by atoms with Crippen LogP contribution in [0.15, 0.2) is 60.7 Å². The minimum Gasteiger partial charge on any atom is -0.496 e. The molecule has 0 spiro atoms. The number of halogens is 1. The van der Waals surface area contributed by atoms with Crippen LogP contribution in [0.5, 0.6) is 5.75 Å². The van der Waals surface area contributed by atoms with Crippen LogP contribution in [0.4, 0.5) is 5.69 Å². The van der Waals surface area contributed by atoms with Crippen molar-refractivity contribution in [3.63, 3.8) is 0 Å². The highest BCUT2D eigenvalue weighted by molar-refractivity contribution is 7.80. The van der Waals surface area contributed by atoms with Gasteiger partial charge in [-0.1, -0.05) is 35.9 Å². The molecule has 0 atom stereocenters. The molecule has 0 unspecified atom stereocenters. The van der Waals surface area contributed by atoms with Crippen LogP contribution >= 0.6 is 23.8 Å². The molecule has 3 aromatic carbocycles. The van der Waals surface area contributed by atoms with Gasteiger partial charge < -0.3 is 15.0 Å². The first-order valence-electron chi connectivity index (χ1n) is 9.47. The number of anilines is 1. The van der Waals surface area contributed by atoms with E-state index in [1.165, 1.54) is 7.11 Å². The summed E-state index contributed by atoms with van der Waals surface area (Å²) in [5.74, 6) is 0.843. The molecular weight excluding hydrogens is 432 g/mol. The smallest absolute Gasteiger partial charge is 0.261 e. The van der Waals surface area contributed by atoms with E-state index in [9.17, 15) is 4.79 Å². The number of nitrogens with zero attached hydrogens (tertiary/aromatic N) is 1. The Hall–Kier alpha value is -3.42. The largest absolute Gasteiger partial charge is 0.496 e. The summed E-state index contributed by atoms with van der Waals surface area (Å²) in [6.07, 6.45) is 0. The number of carbonyl (C=O) groups is 1. The summed E-state index contributed by atoms with van der Waals surface area (Å²) in [6, 6.07) is 18.6. The molecule has 156 valence electrons. The van der Waals surface area contributed by atoms with Crippen LogP contribution in [-0.2, 0) is 0 Å². The Morgan fingerprint density at radius 3 is 2.71 bits per heavy atom. The van der Waals surface area contributed by atoms with E-state index in [4.69, 9.17) is 28.6 Å². The fourth-order valence-electron chi connectivity index (χ4n) is 3.28. The van der Waals surface area contributed by atoms with E-state index < -0.39 is 0 Å². The number of rotatable bonds is 4. The second kappa shape index (κ2) is 8.75. The Morgan fingerprint density at radius 2 is 1.94 bits per heavy atom. The van der Waals surface area contributed by atoms with Crippen molar-refractivity contribution in [3.8, 4) is 17.1 Å². The monoisotopic (exact) mass is 450 g/mol. The van der Waals surface area contributed by atoms with Crippen LogP contribution in [0, 0.1) is 6.92 Å². The van der Waals surface area contributed by atoms with E-state index in [0.29, 0.717) is 27.8 Å². The first-order valence-corrected chi connectivity index (χ1v) is 10.3. The number of aromatic amines is 1. The van der Waals surface area contributed by atoms with E-state index in [-0.39, 0.29) is 11.0 Å². The number of fused-ring (bicyclic) bond motifs is 1. The highest BCUT2D eigenvalue weighted by atomic mass is 35.5. The number of imidazole rings is 1. The molecule has 1 amide bonds. The average Bonchev–Trinajstić information content (AvgIpc) is 3.19. The molecule has 6 nitrogen and oxygen atoms in total. The lowest BCUT2D eigenvalue weighted by Crippen LogP contribution is -2.34. The summed E-state index contributed by atoms with van der Waals surface area (Å²) in [5.41, 5.74) is 4.46. The van der Waals surface area contributed by atoms with Crippen molar-refractivity contribution < 1.29 is 9.53 Å². The van der Waals surface area contributed by atoms with Crippen molar-refractivity contribution in [3.05, 3.63) is 76.8 Å². The van der Waals surface area contributed by atoms with Crippen molar-refractivity contribution in [2.24, 2.45) is 0 Å². The average molecular weight is 451 g/mol. The van der Waals surface area contributed by atoms with Gasteiger partial charge in [0, 0.05) is 5.56 Å². The predicted molar refractivity (Wildman–Crippen MR) is 128 cm³/mol. The Morgan fingerprint density at radius 1 is 1.13 bits per heavy atom. The van der Waals surface area contributed by atoms with Gasteiger partial charge in [-0.3, -0.25) is 10.1 Å². The standard InChI is InChI=1S/C23H19ClN4O2S/c1-13-6-5-7-15(20(13)30-2)22(29)28-23(31)27-19-12-14(10-11-16(19)24)21-25-17-8-3-4-9-18(17)26-21/h3-12H,1-2H3,(H,25,26)(H2,27,28,29,31). The molecule has 31 heavy (non-hydrogen) atoms. The van der Waals surface area contributed by atoms with Crippen LogP contribution in [0.3, 0.4) is 0 Å². The number of carbonyl (C=O) groups excluding carboxylic acids is 1. The van der Waals surface area contributed by atoms with Crippen LogP contribution < -0.4 is 15.4 Å². The minimum atomic E-state index is -0.373. The zero-order chi connectivity index (χ0) is 22.0. The lowest BCUT2D eigenvalue weighted by Gasteiger charge is -2.14. The van der Waals surface area contributed by atoms with Gasteiger partial charge in [-0.15, -0.1) is 0 Å². The topological polar surface area (TPSA) is 79.0 Å². The molecule has 3 N–H and O–H groups in total. The van der Waals surface area contributed by atoms with Crippen LogP contribution in [0.2, 0.25) is 5.02 Å². The maximum Gasteiger partial charge on any atom is 0.261 e. The van der Waals surface area contributed by atoms with Gasteiger partial charge in [0.05, 0.1) is 34.4 Å². The highest BCUT2D eigenvalue weighted by Crippen LogP contribution is 2.29. The van der Waals surface area contributed by atoms with Gasteiger partial charge in [0.25, 0.3) is 5.91 Å². The van der Waals surface area contributed by atoms with E-state index >= 15 is 0 Å². The third-order valence-corrected chi connectivity index (χ3v) is 5.30. The van der Waals surface area contributed by atoms with Gasteiger partial charge in [-0.2, -0.15) is 0 Å². The number of methoxy groups -OCH3 is 1. The number of nitrogens with one attached hydrogen (secondary N) is 3. The maximum absolute atomic E-state index is 12.7. The van der Waals surface area contributed by atoms with E-state index in [1.807, 2.05) is 49.4 Å². The lowest BCUT2D eigenvalue weighted by molar-refractivity contribution is 0.0974. The molecule has 0 aliphatic rings. The maximum atomic E-state index is 12.7. The predicted octanol–water partition coefficient (Wildman–Crippen LogP) is 5.33. The Balaban J connectivity index is 1.54. The SMILES string of the molecule is COc1c(C)cccc1C(=O)NC(=S)Nc1cc(-c2nc3ccccc3[nH]2)ccc1Cl. The number of aromatic nitrogens is 2. The first-order chi connectivity index (χ1) is 15.0. The third kappa shape index (κ3) is 4.38. The van der Waals surface area contributed by atoms with E-state index in [1.54, 1.807) is 18.2 Å². The van der Waals surface area contributed by atoms with Crippen LogP contribution in [0.1, 0.15) is 15.9 Å². The molecule has 0 aliphatic heterocycles. The summed E-state index contributed by atoms with van der Waals surface area (Å²) in [6.45, 7) is 1.87. The second-order valence-corrected chi connectivity index (χ2v) is 7.68. The van der Waals surface area contributed by atoms with Crippen LogP contribution in [-0.4, -0.2) is 28.1 Å². The molecule has 8 heteroatoms. The zero-order valence-corrected chi connectivity index (χ0v) is 18.4. The van der Waals surface area contributed by atoms with Crippen molar-refractivity contribution in [1.29, 1.82) is 0 Å². The molecule has 0 saturated heterocycles. The number of ether oxygens (including phenoxy) is 1. The molecule has 0 fully saturated rings. The Kier molecular flexibility index (Phi) is 5.88. The van der Waals surface area contributed by atoms with Gasteiger partial charge in [0.15, 0.2) is 5.11 Å². The third-order valence-electron chi connectivity index (χ3n) is 4.77. The summed E-state index contributed by atoms with van der Waals surface area (Å²) < 4.78 is 5.35. The van der Waals surface area contributed by atoms with Crippen molar-refractivity contribution in [2.75, 3.05) is 12.4 Å². The molecular formula is C23H19ClN4O2S. The fraction of sp³-hybridized carbons (Fsp3) is 0.0870. The fourth-order valence-corrected chi connectivity index (χ4v) is 3.65. The molecule has 0 radical (unpaired) electrons. The first kappa shape index (κ1) is 20.8. The van der Waals surface area contributed by atoms with Gasteiger partial charge in [0.2, 0.25) is 0 Å². The Labute approximate surface area is 189 Å². The number of para-hydroxylation sites is 3. The summed E-state index contributed by atoms with van der Waals surface area (Å²) >= 11 is 11.7. The van der Waals surface area contributed by atoms with Gasteiger partial charge in [-0.25, -0.2) is 4.98 Å². The number of thiocarbonyl (C=S) groups is 1. The van der Waals surface area contributed by atoms with Gasteiger partial charge in [-0.05, 0) is 61.1 Å². The molecule has 1 aromatic heterocycles. The summed E-state index contributed by atoms with van der Waals surface area (Å²) in [7, 11) is 1.53.